The van der Waals surface area contributed by atoms with Crippen LogP contribution in [0, 0.1) is 34.8 Å². The molecule has 158 valence electrons. The largest absolute Gasteiger partial charge is 0.353 e. The topological polar surface area (TPSA) is 58.2 Å². The number of halogens is 2. The number of benzene rings is 1. The molecule has 1 atom stereocenters. The summed E-state index contributed by atoms with van der Waals surface area (Å²) in [6, 6.07) is 3.05. The molecule has 0 spiro atoms. The van der Waals surface area contributed by atoms with E-state index >= 15 is 0 Å². The van der Waals surface area contributed by atoms with Gasteiger partial charge in [-0.3, -0.25) is 9.59 Å². The summed E-state index contributed by atoms with van der Waals surface area (Å²) in [5.41, 5.74) is 0.0879. The van der Waals surface area contributed by atoms with Gasteiger partial charge in [-0.05, 0) is 87.2 Å². The van der Waals surface area contributed by atoms with Crippen LogP contribution >= 0.6 is 0 Å². The van der Waals surface area contributed by atoms with Gasteiger partial charge in [-0.2, -0.15) is 0 Å². The summed E-state index contributed by atoms with van der Waals surface area (Å²) in [4.78, 5) is 24.4. The Hall–Kier alpha value is -1.98. The van der Waals surface area contributed by atoms with Crippen molar-refractivity contribution in [1.29, 1.82) is 0 Å². The van der Waals surface area contributed by atoms with Crippen LogP contribution in [0.4, 0.5) is 8.78 Å². The summed E-state index contributed by atoms with van der Waals surface area (Å²) in [5.74, 6) is 0.363. The van der Waals surface area contributed by atoms with Crippen molar-refractivity contribution >= 4 is 11.8 Å². The van der Waals surface area contributed by atoms with Crippen LogP contribution in [0.25, 0.3) is 0 Å². The first-order chi connectivity index (χ1) is 13.8. The van der Waals surface area contributed by atoms with E-state index in [1.54, 1.807) is 0 Å². The van der Waals surface area contributed by atoms with Crippen molar-refractivity contribution in [3.63, 3.8) is 0 Å². The van der Waals surface area contributed by atoms with Crippen LogP contribution in [-0.2, 0) is 4.79 Å². The first-order valence-electron chi connectivity index (χ1n) is 10.9. The van der Waals surface area contributed by atoms with Crippen molar-refractivity contribution in [3.8, 4) is 0 Å². The highest BCUT2D eigenvalue weighted by molar-refractivity contribution is 5.94. The fraction of sp³-hybridized carbons (Fsp3) is 0.652. The second-order valence-electron chi connectivity index (χ2n) is 9.55. The van der Waals surface area contributed by atoms with Crippen molar-refractivity contribution in [2.24, 2.45) is 23.2 Å². The predicted octanol–water partition coefficient (Wildman–Crippen LogP) is 4.20. The molecule has 4 saturated carbocycles. The Labute approximate surface area is 170 Å². The lowest BCUT2D eigenvalue weighted by molar-refractivity contribution is -0.126. The lowest BCUT2D eigenvalue weighted by Gasteiger charge is -2.59. The summed E-state index contributed by atoms with van der Waals surface area (Å²) in [6.45, 7) is 2.43. The van der Waals surface area contributed by atoms with Crippen LogP contribution in [0.2, 0.25) is 0 Å². The third-order valence-corrected chi connectivity index (χ3v) is 7.42. The molecule has 2 N–H and O–H groups in total. The maximum absolute atomic E-state index is 13.6. The zero-order chi connectivity index (χ0) is 20.6. The second kappa shape index (κ2) is 8.04. The van der Waals surface area contributed by atoms with Gasteiger partial charge in [0.25, 0.3) is 5.91 Å². The molecule has 6 heteroatoms. The van der Waals surface area contributed by atoms with Crippen molar-refractivity contribution in [2.45, 2.75) is 64.3 Å². The molecule has 0 radical (unpaired) electrons. The van der Waals surface area contributed by atoms with Gasteiger partial charge in [-0.1, -0.05) is 0 Å². The molecule has 4 aliphatic carbocycles. The van der Waals surface area contributed by atoms with Crippen molar-refractivity contribution < 1.29 is 18.4 Å². The van der Waals surface area contributed by atoms with Crippen LogP contribution in [-0.4, -0.2) is 24.4 Å². The van der Waals surface area contributed by atoms with E-state index in [0.29, 0.717) is 18.9 Å². The number of hydrogen-bond donors (Lipinski definition) is 2. The highest BCUT2D eigenvalue weighted by Gasteiger charge is 2.53. The van der Waals surface area contributed by atoms with Gasteiger partial charge in [0, 0.05) is 25.1 Å². The Morgan fingerprint density at radius 3 is 2.31 bits per heavy atom. The third-order valence-electron chi connectivity index (χ3n) is 7.42. The van der Waals surface area contributed by atoms with Crippen LogP contribution in [0.3, 0.4) is 0 Å². The first-order valence-corrected chi connectivity index (χ1v) is 10.9. The molecule has 29 heavy (non-hydrogen) atoms. The minimum absolute atomic E-state index is 0.00968. The Morgan fingerprint density at radius 1 is 1.10 bits per heavy atom. The Balaban J connectivity index is 1.21. The number of rotatable bonds is 7. The average Bonchev–Trinajstić information content (AvgIpc) is 2.64. The average molecular weight is 405 g/mol. The van der Waals surface area contributed by atoms with Gasteiger partial charge in [0.15, 0.2) is 0 Å². The highest BCUT2D eigenvalue weighted by Crippen LogP contribution is 2.61. The van der Waals surface area contributed by atoms with Gasteiger partial charge in [0.2, 0.25) is 5.91 Å². The maximum Gasteiger partial charge on any atom is 0.254 e. The molecular weight excluding hydrogens is 374 g/mol. The Bertz CT molecular complexity index is 760. The normalized spacial score (nSPS) is 30.8. The Kier molecular flexibility index (Phi) is 5.63. The van der Waals surface area contributed by atoms with Crippen LogP contribution < -0.4 is 10.6 Å². The van der Waals surface area contributed by atoms with E-state index in [1.807, 2.05) is 0 Å². The van der Waals surface area contributed by atoms with Crippen LogP contribution in [0.1, 0.15) is 68.6 Å². The SMILES string of the molecule is C[C@H](NC(=O)CCCNC(=O)c1ccc(F)cc1F)C12CC3CC(CC(C3)C1)C2. The minimum atomic E-state index is -0.885. The van der Waals surface area contributed by atoms with Gasteiger partial charge in [0.1, 0.15) is 11.6 Å². The molecule has 4 nitrogen and oxygen atoms in total. The summed E-state index contributed by atoms with van der Waals surface area (Å²) < 4.78 is 26.6. The monoisotopic (exact) mass is 404 g/mol. The van der Waals surface area contributed by atoms with Gasteiger partial charge in [0.05, 0.1) is 5.56 Å². The summed E-state index contributed by atoms with van der Waals surface area (Å²) in [6.07, 6.45) is 8.70. The molecule has 2 amide bonds. The van der Waals surface area contributed by atoms with Gasteiger partial charge in [-0.15, -0.1) is 0 Å². The van der Waals surface area contributed by atoms with E-state index in [-0.39, 0.29) is 29.5 Å². The smallest absolute Gasteiger partial charge is 0.254 e. The maximum atomic E-state index is 13.6. The van der Waals surface area contributed by atoms with E-state index in [1.165, 1.54) is 38.5 Å². The molecule has 5 rings (SSSR count). The molecular formula is C23H30F2N2O2. The van der Waals surface area contributed by atoms with E-state index in [2.05, 4.69) is 17.6 Å². The molecule has 0 unspecified atom stereocenters. The molecule has 4 aliphatic rings. The molecule has 0 heterocycles. The minimum Gasteiger partial charge on any atom is -0.353 e. The van der Waals surface area contributed by atoms with E-state index < -0.39 is 17.5 Å². The fourth-order valence-electron chi connectivity index (χ4n) is 6.39. The number of amides is 2. The number of carbonyl (C=O) groups excluding carboxylic acids is 2. The van der Waals surface area contributed by atoms with Gasteiger partial charge in [-0.25, -0.2) is 8.78 Å². The molecule has 1 aromatic carbocycles. The Morgan fingerprint density at radius 2 is 1.72 bits per heavy atom. The van der Waals surface area contributed by atoms with Crippen molar-refractivity contribution in [3.05, 3.63) is 35.4 Å². The number of nitrogens with one attached hydrogen (secondary N) is 2. The zero-order valence-corrected chi connectivity index (χ0v) is 17.0. The molecule has 0 saturated heterocycles. The third kappa shape index (κ3) is 4.31. The highest BCUT2D eigenvalue weighted by atomic mass is 19.1. The van der Waals surface area contributed by atoms with Crippen molar-refractivity contribution in [1.82, 2.24) is 10.6 Å². The number of carbonyl (C=O) groups is 2. The lowest BCUT2D eigenvalue weighted by atomic mass is 9.48. The molecule has 4 bridgehead atoms. The fourth-order valence-corrected chi connectivity index (χ4v) is 6.39. The molecule has 1 aromatic rings. The number of hydrogen-bond acceptors (Lipinski definition) is 2. The molecule has 0 aliphatic heterocycles. The lowest BCUT2D eigenvalue weighted by Crippen LogP contribution is -2.55. The quantitative estimate of drug-likeness (QED) is 0.670. The predicted molar refractivity (Wildman–Crippen MR) is 106 cm³/mol. The van der Waals surface area contributed by atoms with E-state index in [0.717, 1.165) is 29.9 Å². The first kappa shape index (κ1) is 20.3. The summed E-state index contributed by atoms with van der Waals surface area (Å²) in [5, 5.41) is 5.81. The van der Waals surface area contributed by atoms with E-state index in [4.69, 9.17) is 0 Å². The zero-order valence-electron chi connectivity index (χ0n) is 17.0. The van der Waals surface area contributed by atoms with Crippen LogP contribution in [0.15, 0.2) is 18.2 Å². The van der Waals surface area contributed by atoms with Crippen LogP contribution in [0.5, 0.6) is 0 Å². The second-order valence-corrected chi connectivity index (χ2v) is 9.55. The summed E-state index contributed by atoms with van der Waals surface area (Å²) >= 11 is 0. The van der Waals surface area contributed by atoms with E-state index in [9.17, 15) is 18.4 Å². The molecule has 4 fully saturated rings. The summed E-state index contributed by atoms with van der Waals surface area (Å²) in [7, 11) is 0. The van der Waals surface area contributed by atoms with Gasteiger partial charge >= 0.3 is 0 Å². The van der Waals surface area contributed by atoms with Gasteiger partial charge < -0.3 is 10.6 Å². The van der Waals surface area contributed by atoms with Crippen molar-refractivity contribution in [2.75, 3.05) is 6.54 Å². The standard InChI is InChI=1S/C23H30F2N2O2/c1-14(23-11-15-7-16(12-23)9-17(8-15)13-23)27-21(28)3-2-6-26-22(29)19-5-4-18(24)10-20(19)25/h4-5,10,14-17H,2-3,6-9,11-13H2,1H3,(H,26,29)(H,27,28)/t14-,15?,16?,17?,23?/m0/s1. The molecule has 0 aromatic heterocycles.